The average Bonchev–Trinajstić information content (AvgIpc) is 2.61. The highest BCUT2D eigenvalue weighted by atomic mass is 28.3. The summed E-state index contributed by atoms with van der Waals surface area (Å²) < 4.78 is 6.04. The Morgan fingerprint density at radius 3 is 2.40 bits per heavy atom. The first-order valence-electron chi connectivity index (χ1n) is 8.32. The van der Waals surface area contributed by atoms with Gasteiger partial charge in [-0.1, -0.05) is 42.5 Å². The fraction of sp³-hybridized carbons (Fsp3) is 0.150. The minimum absolute atomic E-state index is 0.753. The first-order chi connectivity index (χ1) is 12.1. The highest BCUT2D eigenvalue weighted by molar-refractivity contribution is 6.49. The van der Waals surface area contributed by atoms with E-state index in [0.29, 0.717) is 0 Å². The van der Waals surface area contributed by atoms with Gasteiger partial charge in [-0.15, -0.1) is 0 Å². The summed E-state index contributed by atoms with van der Waals surface area (Å²) in [7, 11) is -1.22. The number of para-hydroxylation sites is 2. The molecule has 0 aliphatic heterocycles. The van der Waals surface area contributed by atoms with Gasteiger partial charge in [-0.3, -0.25) is 4.98 Å². The molecule has 0 saturated heterocycles. The third-order valence-electron chi connectivity index (χ3n) is 3.51. The van der Waals surface area contributed by atoms with E-state index >= 15 is 0 Å². The van der Waals surface area contributed by atoms with Crippen molar-refractivity contribution < 1.29 is 4.43 Å². The number of benzene rings is 2. The van der Waals surface area contributed by atoms with Gasteiger partial charge in [0.05, 0.1) is 17.6 Å². The third-order valence-corrected chi connectivity index (χ3v) is 4.23. The summed E-state index contributed by atoms with van der Waals surface area (Å²) in [5.41, 5.74) is 4.21. The molecule has 25 heavy (non-hydrogen) atoms. The summed E-state index contributed by atoms with van der Waals surface area (Å²) in [6.45, 7) is 6.22. The van der Waals surface area contributed by atoms with Gasteiger partial charge in [0, 0.05) is 11.8 Å². The second-order valence-electron chi connectivity index (χ2n) is 6.01. The van der Waals surface area contributed by atoms with E-state index in [1.54, 1.807) is 12.4 Å². The van der Waals surface area contributed by atoms with E-state index in [-0.39, 0.29) is 0 Å². The number of hydrogen-bond acceptors (Lipinski definition) is 4. The Morgan fingerprint density at radius 2 is 1.68 bits per heavy atom. The lowest BCUT2D eigenvalue weighted by molar-refractivity contribution is 0.582. The number of aromatic nitrogens is 2. The first kappa shape index (κ1) is 17.0. The van der Waals surface area contributed by atoms with Crippen LogP contribution >= 0.6 is 0 Å². The van der Waals surface area contributed by atoms with E-state index < -0.39 is 9.04 Å². The van der Waals surface area contributed by atoms with Crippen molar-refractivity contribution in [2.75, 3.05) is 0 Å². The molecule has 0 aliphatic rings. The third kappa shape index (κ3) is 4.39. The van der Waals surface area contributed by atoms with Crippen LogP contribution in [0.15, 0.2) is 72.0 Å². The second kappa shape index (κ2) is 7.85. The summed E-state index contributed by atoms with van der Waals surface area (Å²) in [5.74, 6) is 0.818. The van der Waals surface area contributed by atoms with E-state index in [9.17, 15) is 0 Å². The van der Waals surface area contributed by atoms with Gasteiger partial charge in [0.25, 0.3) is 0 Å². The van der Waals surface area contributed by atoms with Crippen molar-refractivity contribution in [2.45, 2.75) is 20.0 Å². The van der Waals surface area contributed by atoms with E-state index in [0.717, 1.165) is 34.1 Å². The quantitative estimate of drug-likeness (QED) is 0.510. The van der Waals surface area contributed by atoms with Gasteiger partial charge < -0.3 is 4.43 Å². The molecule has 0 aliphatic carbocycles. The Balaban J connectivity index is 2.14. The molecule has 0 saturated carbocycles. The predicted octanol–water partition coefficient (Wildman–Crippen LogP) is 4.32. The van der Waals surface area contributed by atoms with Crippen LogP contribution in [-0.4, -0.2) is 24.7 Å². The van der Waals surface area contributed by atoms with Crippen molar-refractivity contribution in [2.24, 2.45) is 4.99 Å². The lowest BCUT2D eigenvalue weighted by Crippen LogP contribution is -2.11. The maximum atomic E-state index is 6.04. The van der Waals surface area contributed by atoms with Gasteiger partial charge >= 0.3 is 0 Å². The number of aryl methyl sites for hydroxylation is 1. The molecular formula is C20H21N3OSi. The van der Waals surface area contributed by atoms with Crippen molar-refractivity contribution in [1.82, 2.24) is 9.97 Å². The summed E-state index contributed by atoms with van der Waals surface area (Å²) in [6.07, 6.45) is 3.49. The second-order valence-corrected chi connectivity index (χ2v) is 8.34. The van der Waals surface area contributed by atoms with Crippen LogP contribution < -0.4 is 4.43 Å². The Hall–Kier alpha value is -2.79. The predicted molar refractivity (Wildman–Crippen MR) is 104 cm³/mol. The van der Waals surface area contributed by atoms with Crippen molar-refractivity contribution in [3.8, 4) is 5.75 Å². The Labute approximate surface area is 150 Å². The van der Waals surface area contributed by atoms with Crippen LogP contribution in [0.1, 0.15) is 17.0 Å². The molecule has 0 amide bonds. The first-order valence-corrected chi connectivity index (χ1v) is 11.1. The standard InChI is InChI=1S/C20H21N3OSi/c1-15-13-21-14-18(22-15)20(16-9-5-4-6-10-16)23-17-11-7-8-12-19(17)24-25(2)3/h4-14,25H,1-3H3. The number of aliphatic imine (C=N–C) groups is 1. The van der Waals surface area contributed by atoms with Gasteiger partial charge in [0.15, 0.2) is 0 Å². The van der Waals surface area contributed by atoms with Gasteiger partial charge in [-0.25, -0.2) is 9.98 Å². The Morgan fingerprint density at radius 1 is 0.960 bits per heavy atom. The molecule has 0 fully saturated rings. The summed E-state index contributed by atoms with van der Waals surface area (Å²) in [5, 5.41) is 0. The van der Waals surface area contributed by atoms with E-state index in [4.69, 9.17) is 9.42 Å². The van der Waals surface area contributed by atoms with Crippen molar-refractivity contribution in [3.63, 3.8) is 0 Å². The molecule has 0 N–H and O–H groups in total. The zero-order chi connectivity index (χ0) is 17.6. The molecule has 0 radical (unpaired) electrons. The number of nitrogens with zero attached hydrogens (tertiary/aromatic N) is 3. The van der Waals surface area contributed by atoms with Crippen molar-refractivity contribution in [1.29, 1.82) is 0 Å². The zero-order valence-electron chi connectivity index (χ0n) is 14.7. The van der Waals surface area contributed by atoms with E-state index in [1.165, 1.54) is 0 Å². The number of rotatable bonds is 5. The molecule has 2 aromatic carbocycles. The fourth-order valence-corrected chi connectivity index (χ4v) is 3.17. The van der Waals surface area contributed by atoms with Crippen LogP contribution in [0.4, 0.5) is 5.69 Å². The van der Waals surface area contributed by atoms with Gasteiger partial charge in [-0.2, -0.15) is 0 Å². The molecule has 5 heteroatoms. The molecule has 3 aromatic rings. The highest BCUT2D eigenvalue weighted by Crippen LogP contribution is 2.29. The molecule has 1 aromatic heterocycles. The lowest BCUT2D eigenvalue weighted by Gasteiger charge is -2.13. The van der Waals surface area contributed by atoms with Crippen LogP contribution in [0.5, 0.6) is 5.75 Å². The smallest absolute Gasteiger partial charge is 0.229 e. The minimum atomic E-state index is -1.22. The maximum Gasteiger partial charge on any atom is 0.229 e. The molecule has 0 bridgehead atoms. The molecule has 1 heterocycles. The highest BCUT2D eigenvalue weighted by Gasteiger charge is 2.12. The van der Waals surface area contributed by atoms with Crippen LogP contribution in [0.3, 0.4) is 0 Å². The molecule has 3 rings (SSSR count). The molecule has 0 unspecified atom stereocenters. The normalized spacial score (nSPS) is 11.6. The number of hydrogen-bond donors (Lipinski definition) is 0. The molecule has 126 valence electrons. The van der Waals surface area contributed by atoms with Gasteiger partial charge in [-0.05, 0) is 32.2 Å². The topological polar surface area (TPSA) is 47.4 Å². The van der Waals surface area contributed by atoms with Crippen LogP contribution in [0.25, 0.3) is 0 Å². The van der Waals surface area contributed by atoms with Gasteiger partial charge in [0.2, 0.25) is 9.04 Å². The molecule has 0 atom stereocenters. The Bertz CT molecular complexity index is 879. The van der Waals surface area contributed by atoms with E-state index in [1.807, 2.05) is 61.5 Å². The maximum absolute atomic E-state index is 6.04. The van der Waals surface area contributed by atoms with Crippen LogP contribution in [0.2, 0.25) is 13.1 Å². The summed E-state index contributed by atoms with van der Waals surface area (Å²) in [4.78, 5) is 13.8. The molecule has 0 spiro atoms. The average molecular weight is 347 g/mol. The largest absolute Gasteiger partial charge is 0.546 e. The monoisotopic (exact) mass is 347 g/mol. The van der Waals surface area contributed by atoms with Crippen LogP contribution in [0, 0.1) is 6.92 Å². The van der Waals surface area contributed by atoms with Crippen molar-refractivity contribution in [3.05, 3.63) is 83.9 Å². The minimum Gasteiger partial charge on any atom is -0.546 e. The van der Waals surface area contributed by atoms with E-state index in [2.05, 4.69) is 23.1 Å². The molecular weight excluding hydrogens is 326 g/mol. The zero-order valence-corrected chi connectivity index (χ0v) is 15.8. The summed E-state index contributed by atoms with van der Waals surface area (Å²) >= 11 is 0. The van der Waals surface area contributed by atoms with Gasteiger partial charge in [0.1, 0.15) is 17.1 Å². The Kier molecular flexibility index (Phi) is 5.35. The molecule has 4 nitrogen and oxygen atoms in total. The SMILES string of the molecule is Cc1cncc(C(=Nc2ccccc2O[SiH](C)C)c2ccccc2)n1. The summed E-state index contributed by atoms with van der Waals surface area (Å²) in [6, 6.07) is 17.9. The fourth-order valence-electron chi connectivity index (χ4n) is 2.47. The lowest BCUT2D eigenvalue weighted by atomic mass is 10.1. The van der Waals surface area contributed by atoms with Crippen molar-refractivity contribution >= 4 is 20.4 Å². The van der Waals surface area contributed by atoms with Crippen LogP contribution in [-0.2, 0) is 0 Å².